The summed E-state index contributed by atoms with van der Waals surface area (Å²) in [4.78, 5) is 25.6. The van der Waals surface area contributed by atoms with E-state index in [-0.39, 0.29) is 30.5 Å². The van der Waals surface area contributed by atoms with Crippen molar-refractivity contribution in [2.75, 3.05) is 19.6 Å². The molecule has 1 aliphatic heterocycles. The lowest BCUT2D eigenvalue weighted by molar-refractivity contribution is -0.137. The average molecular weight is 368 g/mol. The van der Waals surface area contributed by atoms with Gasteiger partial charge in [0.05, 0.1) is 13.0 Å². The van der Waals surface area contributed by atoms with E-state index < -0.39 is 0 Å². The lowest BCUT2D eigenvalue weighted by atomic mass is 10.0. The summed E-state index contributed by atoms with van der Waals surface area (Å²) in [5.41, 5.74) is 2.88. The zero-order valence-corrected chi connectivity index (χ0v) is 15.6. The number of nitrogens with one attached hydrogen (secondary N) is 1. The molecule has 2 aromatic carbocycles. The fourth-order valence-corrected chi connectivity index (χ4v) is 3.21. The number of piperazine rings is 1. The Kier molecular flexibility index (Phi) is 5.64. The first-order valence-electron chi connectivity index (χ1n) is 9.10. The fraction of sp³-hybridized carbons (Fsp3) is 0.333. The first-order valence-corrected chi connectivity index (χ1v) is 9.10. The molecule has 0 spiro atoms. The molecule has 6 nitrogen and oxygen atoms in total. The van der Waals surface area contributed by atoms with Crippen LogP contribution in [0, 0.1) is 6.92 Å². The maximum absolute atomic E-state index is 12.5. The van der Waals surface area contributed by atoms with Gasteiger partial charge in [-0.3, -0.25) is 9.59 Å². The molecule has 0 unspecified atom stereocenters. The third kappa shape index (κ3) is 4.58. The van der Waals surface area contributed by atoms with E-state index in [1.807, 2.05) is 26.0 Å². The third-order valence-electron chi connectivity index (χ3n) is 4.60. The van der Waals surface area contributed by atoms with Gasteiger partial charge in [0.2, 0.25) is 11.8 Å². The molecule has 2 aromatic rings. The molecule has 1 aliphatic rings. The van der Waals surface area contributed by atoms with Crippen molar-refractivity contribution < 1.29 is 19.4 Å². The molecule has 2 amide bonds. The van der Waals surface area contributed by atoms with Crippen LogP contribution >= 0.6 is 0 Å². The van der Waals surface area contributed by atoms with Crippen molar-refractivity contribution in [3.05, 3.63) is 53.1 Å². The fourth-order valence-electron chi connectivity index (χ4n) is 3.21. The van der Waals surface area contributed by atoms with Gasteiger partial charge in [-0.25, -0.2) is 0 Å². The maximum atomic E-state index is 12.5. The van der Waals surface area contributed by atoms with Crippen molar-refractivity contribution in [3.63, 3.8) is 0 Å². The summed E-state index contributed by atoms with van der Waals surface area (Å²) < 4.78 is 6.02. The Morgan fingerprint density at radius 2 is 2.00 bits per heavy atom. The molecule has 0 saturated carbocycles. The van der Waals surface area contributed by atoms with E-state index in [9.17, 15) is 14.7 Å². The van der Waals surface area contributed by atoms with Crippen LogP contribution in [0.1, 0.15) is 23.6 Å². The van der Waals surface area contributed by atoms with Gasteiger partial charge in [0.15, 0.2) is 0 Å². The molecular weight excluding hydrogens is 344 g/mol. The van der Waals surface area contributed by atoms with Crippen LogP contribution < -0.4 is 10.1 Å². The van der Waals surface area contributed by atoms with Gasteiger partial charge >= 0.3 is 0 Å². The van der Waals surface area contributed by atoms with Gasteiger partial charge in [-0.15, -0.1) is 0 Å². The number of benzene rings is 2. The summed E-state index contributed by atoms with van der Waals surface area (Å²) in [7, 11) is 0. The Balaban J connectivity index is 1.78. The Labute approximate surface area is 158 Å². The van der Waals surface area contributed by atoms with Crippen LogP contribution in [-0.4, -0.2) is 41.5 Å². The number of phenols is 1. The minimum Gasteiger partial charge on any atom is -0.508 e. The van der Waals surface area contributed by atoms with E-state index in [4.69, 9.17) is 4.74 Å². The minimum absolute atomic E-state index is 0.0430. The quantitative estimate of drug-likeness (QED) is 0.850. The highest BCUT2D eigenvalue weighted by Gasteiger charge is 2.21. The molecule has 27 heavy (non-hydrogen) atoms. The molecule has 0 atom stereocenters. The number of carbonyl (C=O) groups excluding carboxylic acids is 2. The van der Waals surface area contributed by atoms with Crippen LogP contribution in [-0.2, 0) is 22.4 Å². The number of ether oxygens (including phenoxy) is 1. The van der Waals surface area contributed by atoms with Crippen molar-refractivity contribution in [2.24, 2.45) is 0 Å². The molecule has 2 N–H and O–H groups in total. The van der Waals surface area contributed by atoms with Crippen molar-refractivity contribution in [1.82, 2.24) is 10.2 Å². The molecule has 6 heteroatoms. The Bertz CT molecular complexity index is 846. The molecule has 0 radical (unpaired) electrons. The third-order valence-corrected chi connectivity index (χ3v) is 4.60. The highest BCUT2D eigenvalue weighted by Crippen LogP contribution is 2.31. The SMILES string of the molecule is CCc1cc(CC(=O)N2CCNC(=O)C2)cc(C)c1Oc1ccc(O)cc1. The van der Waals surface area contributed by atoms with Crippen LogP contribution in [0.4, 0.5) is 0 Å². The predicted octanol–water partition coefficient (Wildman–Crippen LogP) is 2.56. The van der Waals surface area contributed by atoms with Crippen LogP contribution in [0.15, 0.2) is 36.4 Å². The molecule has 3 rings (SSSR count). The van der Waals surface area contributed by atoms with Gasteiger partial charge in [-0.2, -0.15) is 0 Å². The number of nitrogens with zero attached hydrogens (tertiary/aromatic N) is 1. The van der Waals surface area contributed by atoms with E-state index in [0.29, 0.717) is 18.8 Å². The van der Waals surface area contributed by atoms with Gasteiger partial charge < -0.3 is 20.1 Å². The molecule has 0 aliphatic carbocycles. The number of phenolic OH excluding ortho intramolecular Hbond substituents is 1. The summed E-state index contributed by atoms with van der Waals surface area (Å²) in [6.45, 7) is 5.17. The van der Waals surface area contributed by atoms with Gasteiger partial charge in [-0.05, 0) is 54.3 Å². The zero-order chi connectivity index (χ0) is 19.4. The summed E-state index contributed by atoms with van der Waals surface area (Å²) in [5, 5.41) is 12.1. The number of amides is 2. The number of rotatable bonds is 5. The maximum Gasteiger partial charge on any atom is 0.239 e. The summed E-state index contributed by atoms with van der Waals surface area (Å²) in [6.07, 6.45) is 1.03. The van der Waals surface area contributed by atoms with Gasteiger partial charge in [-0.1, -0.05) is 19.1 Å². The smallest absolute Gasteiger partial charge is 0.239 e. The van der Waals surface area contributed by atoms with Crippen LogP contribution in [0.25, 0.3) is 0 Å². The second-order valence-electron chi connectivity index (χ2n) is 6.69. The molecule has 0 bridgehead atoms. The lowest BCUT2D eigenvalue weighted by Gasteiger charge is -2.27. The van der Waals surface area contributed by atoms with Crippen molar-refractivity contribution >= 4 is 11.8 Å². The predicted molar refractivity (Wildman–Crippen MR) is 102 cm³/mol. The molecule has 1 fully saturated rings. The number of carbonyl (C=O) groups is 2. The summed E-state index contributed by atoms with van der Waals surface area (Å²) >= 11 is 0. The zero-order valence-electron chi connectivity index (χ0n) is 15.6. The van der Waals surface area contributed by atoms with Crippen LogP contribution in [0.5, 0.6) is 17.2 Å². The van der Waals surface area contributed by atoms with E-state index in [2.05, 4.69) is 5.32 Å². The van der Waals surface area contributed by atoms with Crippen molar-refractivity contribution in [2.45, 2.75) is 26.7 Å². The van der Waals surface area contributed by atoms with Crippen LogP contribution in [0.3, 0.4) is 0 Å². The van der Waals surface area contributed by atoms with Gasteiger partial charge in [0.25, 0.3) is 0 Å². The topological polar surface area (TPSA) is 78.9 Å². The van der Waals surface area contributed by atoms with E-state index in [1.54, 1.807) is 29.2 Å². The standard InChI is InChI=1S/C21H24N2O4/c1-3-16-11-15(12-20(26)23-9-8-22-19(25)13-23)10-14(2)21(16)27-18-6-4-17(24)5-7-18/h4-7,10-11,24H,3,8-9,12-13H2,1-2H3,(H,22,25). The number of hydrogen-bond donors (Lipinski definition) is 2. The lowest BCUT2D eigenvalue weighted by Crippen LogP contribution is -2.50. The first kappa shape index (κ1) is 18.8. The highest BCUT2D eigenvalue weighted by molar-refractivity contribution is 5.87. The number of hydrogen-bond acceptors (Lipinski definition) is 4. The average Bonchev–Trinajstić information content (AvgIpc) is 2.65. The van der Waals surface area contributed by atoms with E-state index in [1.165, 1.54) is 0 Å². The molecule has 1 heterocycles. The summed E-state index contributed by atoms with van der Waals surface area (Å²) in [6, 6.07) is 10.5. The Hall–Kier alpha value is -3.02. The van der Waals surface area contributed by atoms with E-state index >= 15 is 0 Å². The molecule has 142 valence electrons. The minimum atomic E-state index is -0.113. The van der Waals surface area contributed by atoms with Crippen LogP contribution in [0.2, 0.25) is 0 Å². The molecular formula is C21H24N2O4. The van der Waals surface area contributed by atoms with Gasteiger partial charge in [0, 0.05) is 13.1 Å². The number of aryl methyl sites for hydroxylation is 2. The highest BCUT2D eigenvalue weighted by atomic mass is 16.5. The van der Waals surface area contributed by atoms with E-state index in [0.717, 1.165) is 28.9 Å². The molecule has 0 aromatic heterocycles. The Morgan fingerprint density at radius 3 is 2.67 bits per heavy atom. The normalized spacial score (nSPS) is 14.0. The van der Waals surface area contributed by atoms with Gasteiger partial charge in [0.1, 0.15) is 17.2 Å². The second kappa shape index (κ2) is 8.12. The molecule has 1 saturated heterocycles. The van der Waals surface area contributed by atoms with Crippen molar-refractivity contribution in [1.29, 1.82) is 0 Å². The monoisotopic (exact) mass is 368 g/mol. The number of aromatic hydroxyl groups is 1. The first-order chi connectivity index (χ1) is 13.0. The largest absolute Gasteiger partial charge is 0.508 e. The second-order valence-corrected chi connectivity index (χ2v) is 6.69. The Morgan fingerprint density at radius 1 is 1.26 bits per heavy atom. The summed E-state index contributed by atoms with van der Waals surface area (Å²) in [5.74, 6) is 1.46. The van der Waals surface area contributed by atoms with Crippen molar-refractivity contribution in [3.8, 4) is 17.2 Å².